The molecule has 2 N–H and O–H groups in total. The molecular weight excluding hydrogens is 354 g/mol. The minimum absolute atomic E-state index is 0.599. The monoisotopic (exact) mass is 379 g/mol. The van der Waals surface area contributed by atoms with E-state index in [0.717, 1.165) is 22.6 Å². The van der Waals surface area contributed by atoms with Crippen molar-refractivity contribution in [3.8, 4) is 17.2 Å². The van der Waals surface area contributed by atoms with Gasteiger partial charge in [0.05, 0.1) is 25.6 Å². The van der Waals surface area contributed by atoms with Gasteiger partial charge in [-0.3, -0.25) is 4.99 Å². The number of hydrogen-bond acceptors (Lipinski definition) is 4. The Morgan fingerprint density at radius 3 is 2.54 bits per heavy atom. The molecule has 0 fully saturated rings. The van der Waals surface area contributed by atoms with Crippen LogP contribution in [0.1, 0.15) is 11.3 Å². The van der Waals surface area contributed by atoms with Crippen LogP contribution in [0.25, 0.3) is 5.69 Å². The Morgan fingerprint density at radius 1 is 1.07 bits per heavy atom. The Hall–Kier alpha value is -3.48. The van der Waals surface area contributed by atoms with Crippen LogP contribution in [0.3, 0.4) is 0 Å². The fraction of sp³-hybridized carbons (Fsp3) is 0.238. The first kappa shape index (κ1) is 19.3. The van der Waals surface area contributed by atoms with Crippen LogP contribution in [0.5, 0.6) is 11.5 Å². The molecule has 0 aliphatic heterocycles. The van der Waals surface area contributed by atoms with Gasteiger partial charge in [0, 0.05) is 31.5 Å². The number of hydrogen-bond donors (Lipinski definition) is 2. The van der Waals surface area contributed by atoms with E-state index >= 15 is 0 Å². The molecule has 0 aliphatic carbocycles. The predicted octanol–water partition coefficient (Wildman–Crippen LogP) is 3.39. The van der Waals surface area contributed by atoms with Crippen molar-refractivity contribution in [3.05, 3.63) is 66.0 Å². The van der Waals surface area contributed by atoms with Gasteiger partial charge in [-0.15, -0.1) is 0 Å². The number of anilines is 1. The van der Waals surface area contributed by atoms with E-state index in [4.69, 9.17) is 9.47 Å². The first-order valence-corrected chi connectivity index (χ1v) is 8.95. The number of methoxy groups -OCH3 is 2. The fourth-order valence-corrected chi connectivity index (χ4v) is 2.84. The average Bonchev–Trinajstić information content (AvgIpc) is 3.17. The molecule has 0 saturated carbocycles. The number of nitrogens with zero attached hydrogens (tertiary/aromatic N) is 3. The third-order valence-corrected chi connectivity index (χ3v) is 4.28. The first-order valence-electron chi connectivity index (χ1n) is 8.95. The number of para-hydroxylation sites is 1. The maximum absolute atomic E-state index is 5.35. The average molecular weight is 379 g/mol. The largest absolute Gasteiger partial charge is 0.493 e. The zero-order chi connectivity index (χ0) is 19.9. The molecule has 0 atom stereocenters. The van der Waals surface area contributed by atoms with Gasteiger partial charge in [0.1, 0.15) is 0 Å². The lowest BCUT2D eigenvalue weighted by atomic mass is 10.2. The lowest BCUT2D eigenvalue weighted by Crippen LogP contribution is -2.30. The number of aryl methyl sites for hydroxylation is 1. The highest BCUT2D eigenvalue weighted by Crippen LogP contribution is 2.29. The minimum atomic E-state index is 0.599. The van der Waals surface area contributed by atoms with E-state index in [1.807, 2.05) is 60.3 Å². The molecule has 146 valence electrons. The van der Waals surface area contributed by atoms with Crippen molar-refractivity contribution >= 4 is 11.6 Å². The van der Waals surface area contributed by atoms with E-state index in [1.165, 1.54) is 0 Å². The van der Waals surface area contributed by atoms with Crippen molar-refractivity contribution in [2.24, 2.45) is 4.99 Å². The normalized spacial score (nSPS) is 11.2. The molecule has 1 aromatic heterocycles. The Labute approximate surface area is 165 Å². The number of ether oxygens (including phenoxy) is 2. The molecule has 1 heterocycles. The molecule has 3 aromatic rings. The summed E-state index contributed by atoms with van der Waals surface area (Å²) in [6.45, 7) is 2.58. The molecule has 0 saturated heterocycles. The van der Waals surface area contributed by atoms with Crippen molar-refractivity contribution in [1.82, 2.24) is 15.1 Å². The smallest absolute Gasteiger partial charge is 0.195 e. The van der Waals surface area contributed by atoms with Crippen molar-refractivity contribution in [3.63, 3.8) is 0 Å². The molecule has 2 aromatic carbocycles. The first-order chi connectivity index (χ1) is 13.6. The van der Waals surface area contributed by atoms with Crippen molar-refractivity contribution in [2.45, 2.75) is 13.5 Å². The van der Waals surface area contributed by atoms with Gasteiger partial charge in [-0.2, -0.15) is 5.10 Å². The Bertz CT molecular complexity index is 965. The number of nitrogens with one attached hydrogen (secondary N) is 2. The van der Waals surface area contributed by atoms with Crippen molar-refractivity contribution < 1.29 is 9.47 Å². The molecule has 28 heavy (non-hydrogen) atoms. The van der Waals surface area contributed by atoms with Crippen LogP contribution in [0.2, 0.25) is 0 Å². The van der Waals surface area contributed by atoms with Crippen LogP contribution in [-0.2, 0) is 6.54 Å². The molecule has 3 rings (SSSR count). The number of guanidine groups is 1. The molecule has 0 spiro atoms. The SMILES string of the molecule is CN=C(NCc1ccccc1-n1ccc(C)n1)Nc1ccc(OC)c(OC)c1. The van der Waals surface area contributed by atoms with Gasteiger partial charge >= 0.3 is 0 Å². The van der Waals surface area contributed by atoms with E-state index in [1.54, 1.807) is 21.3 Å². The molecule has 0 bridgehead atoms. The lowest BCUT2D eigenvalue weighted by molar-refractivity contribution is 0.355. The third kappa shape index (κ3) is 4.43. The Morgan fingerprint density at radius 2 is 1.86 bits per heavy atom. The summed E-state index contributed by atoms with van der Waals surface area (Å²) in [6, 6.07) is 15.8. The van der Waals surface area contributed by atoms with Crippen LogP contribution in [0, 0.1) is 6.92 Å². The van der Waals surface area contributed by atoms with Crippen LogP contribution < -0.4 is 20.1 Å². The maximum Gasteiger partial charge on any atom is 0.195 e. The summed E-state index contributed by atoms with van der Waals surface area (Å²) >= 11 is 0. The zero-order valence-electron chi connectivity index (χ0n) is 16.6. The van der Waals surface area contributed by atoms with Gasteiger partial charge in [-0.05, 0) is 36.8 Å². The molecule has 0 aliphatic rings. The molecule has 0 radical (unpaired) electrons. The number of benzene rings is 2. The molecular formula is C21H25N5O2. The van der Waals surface area contributed by atoms with E-state index < -0.39 is 0 Å². The summed E-state index contributed by atoms with van der Waals surface area (Å²) in [5.74, 6) is 1.99. The molecule has 0 amide bonds. The predicted molar refractivity (Wildman–Crippen MR) is 112 cm³/mol. The van der Waals surface area contributed by atoms with Gasteiger partial charge in [-0.25, -0.2) is 4.68 Å². The lowest BCUT2D eigenvalue weighted by Gasteiger charge is -2.15. The minimum Gasteiger partial charge on any atom is -0.493 e. The Balaban J connectivity index is 1.72. The summed E-state index contributed by atoms with van der Waals surface area (Å²) < 4.78 is 12.5. The summed E-state index contributed by atoms with van der Waals surface area (Å²) in [6.07, 6.45) is 1.96. The van der Waals surface area contributed by atoms with Crippen molar-refractivity contribution in [1.29, 1.82) is 0 Å². The topological polar surface area (TPSA) is 72.7 Å². The standard InChI is InChI=1S/C21H25N5O2/c1-15-11-12-26(25-15)18-8-6-5-7-16(18)14-23-21(22-2)24-17-9-10-19(27-3)20(13-17)28-4/h5-13H,14H2,1-4H3,(H2,22,23,24). The highest BCUT2D eigenvalue weighted by molar-refractivity contribution is 5.93. The van der Waals surface area contributed by atoms with Gasteiger partial charge in [0.15, 0.2) is 17.5 Å². The van der Waals surface area contributed by atoms with Gasteiger partial charge < -0.3 is 20.1 Å². The van der Waals surface area contributed by atoms with E-state index in [2.05, 4.69) is 26.8 Å². The van der Waals surface area contributed by atoms with Crippen LogP contribution >= 0.6 is 0 Å². The fourth-order valence-electron chi connectivity index (χ4n) is 2.84. The van der Waals surface area contributed by atoms with Crippen LogP contribution in [0.4, 0.5) is 5.69 Å². The quantitative estimate of drug-likeness (QED) is 0.507. The molecule has 7 nitrogen and oxygen atoms in total. The van der Waals surface area contributed by atoms with E-state index in [9.17, 15) is 0 Å². The molecule has 0 unspecified atom stereocenters. The number of rotatable bonds is 6. The molecule has 7 heteroatoms. The second kappa shape index (κ2) is 8.94. The summed E-state index contributed by atoms with van der Waals surface area (Å²) in [7, 11) is 4.96. The second-order valence-corrected chi connectivity index (χ2v) is 6.15. The highest BCUT2D eigenvalue weighted by Gasteiger charge is 2.08. The zero-order valence-corrected chi connectivity index (χ0v) is 16.6. The number of aliphatic imine (C=N–C) groups is 1. The maximum atomic E-state index is 5.35. The summed E-state index contributed by atoms with van der Waals surface area (Å²) in [5, 5.41) is 11.1. The third-order valence-electron chi connectivity index (χ3n) is 4.28. The van der Waals surface area contributed by atoms with Crippen molar-refractivity contribution in [2.75, 3.05) is 26.6 Å². The highest BCUT2D eigenvalue weighted by atomic mass is 16.5. The van der Waals surface area contributed by atoms with Gasteiger partial charge in [0.2, 0.25) is 0 Å². The van der Waals surface area contributed by atoms with Gasteiger partial charge in [0.25, 0.3) is 0 Å². The summed E-state index contributed by atoms with van der Waals surface area (Å²) in [4.78, 5) is 4.30. The Kier molecular flexibility index (Phi) is 6.16. The van der Waals surface area contributed by atoms with E-state index in [-0.39, 0.29) is 0 Å². The summed E-state index contributed by atoms with van der Waals surface area (Å²) in [5.41, 5.74) is 3.97. The number of aromatic nitrogens is 2. The van der Waals surface area contributed by atoms with Crippen LogP contribution in [-0.4, -0.2) is 37.0 Å². The van der Waals surface area contributed by atoms with Crippen LogP contribution in [0.15, 0.2) is 59.7 Å². The second-order valence-electron chi connectivity index (χ2n) is 6.15. The van der Waals surface area contributed by atoms with Gasteiger partial charge in [-0.1, -0.05) is 18.2 Å². The van der Waals surface area contributed by atoms with E-state index in [0.29, 0.717) is 24.0 Å².